The molecule has 0 saturated carbocycles. The molecule has 2 N–H and O–H groups in total. The van der Waals surface area contributed by atoms with Crippen molar-refractivity contribution in [2.45, 2.75) is 18.9 Å². The molecule has 2 aliphatic heterocycles. The Labute approximate surface area is 169 Å². The second-order valence-electron chi connectivity index (χ2n) is 7.22. The molecule has 2 aromatic carbocycles. The van der Waals surface area contributed by atoms with Gasteiger partial charge in [0.2, 0.25) is 12.7 Å². The minimum Gasteiger partial charge on any atom is -0.454 e. The predicted molar refractivity (Wildman–Crippen MR) is 99.9 cm³/mol. The Morgan fingerprint density at radius 1 is 1.13 bits per heavy atom. The molecule has 2 heterocycles. The van der Waals surface area contributed by atoms with Crippen molar-refractivity contribution < 1.29 is 32.6 Å². The number of amides is 4. The lowest BCUT2D eigenvalue weighted by atomic mass is 9.92. The number of nitrogens with zero attached hydrogens (tertiary/aromatic N) is 1. The zero-order chi connectivity index (χ0) is 21.5. The van der Waals surface area contributed by atoms with Crippen LogP contribution in [0.25, 0.3) is 0 Å². The third kappa shape index (κ3) is 3.76. The maximum Gasteiger partial charge on any atom is 0.325 e. The molecule has 1 saturated heterocycles. The van der Waals surface area contributed by atoms with Crippen molar-refractivity contribution in [2.24, 2.45) is 0 Å². The highest BCUT2D eigenvalue weighted by atomic mass is 19.1. The van der Waals surface area contributed by atoms with Gasteiger partial charge in [0, 0.05) is 18.2 Å². The summed E-state index contributed by atoms with van der Waals surface area (Å²) in [5, 5.41) is 4.87. The maximum absolute atomic E-state index is 13.3. The molecule has 2 aliphatic rings. The molecule has 0 bridgehead atoms. The number of rotatable bonds is 5. The summed E-state index contributed by atoms with van der Waals surface area (Å²) < 4.78 is 37.1. The van der Waals surface area contributed by atoms with Crippen LogP contribution in [0.3, 0.4) is 0 Å². The van der Waals surface area contributed by atoms with E-state index in [0.717, 1.165) is 22.6 Å². The Morgan fingerprint density at radius 3 is 2.57 bits per heavy atom. The van der Waals surface area contributed by atoms with Crippen LogP contribution >= 0.6 is 0 Å². The standard InChI is InChI=1S/C20H17F2N3O5/c1-20(8-11-2-3-15-16(4-11)30-10-29-15)18(27)25(19(28)24-20)9-17(26)23-14-6-12(21)5-13(22)7-14/h2-7H,8-10H2,1H3,(H,23,26)(H,24,28). The fourth-order valence-corrected chi connectivity index (χ4v) is 3.44. The molecule has 1 fully saturated rings. The average molecular weight is 417 g/mol. The van der Waals surface area contributed by atoms with Crippen LogP contribution in [0.4, 0.5) is 19.3 Å². The van der Waals surface area contributed by atoms with Gasteiger partial charge in [-0.25, -0.2) is 13.6 Å². The van der Waals surface area contributed by atoms with Gasteiger partial charge in [-0.2, -0.15) is 0 Å². The van der Waals surface area contributed by atoms with Crippen molar-refractivity contribution in [1.29, 1.82) is 0 Å². The zero-order valence-electron chi connectivity index (χ0n) is 15.8. The number of ether oxygens (including phenoxy) is 2. The number of hydrogen-bond donors (Lipinski definition) is 2. The molecule has 156 valence electrons. The van der Waals surface area contributed by atoms with Crippen LogP contribution in [0.5, 0.6) is 11.5 Å². The lowest BCUT2D eigenvalue weighted by Crippen LogP contribution is -2.46. The third-order valence-corrected chi connectivity index (χ3v) is 4.79. The first-order valence-electron chi connectivity index (χ1n) is 9.02. The van der Waals surface area contributed by atoms with Crippen LogP contribution in [-0.2, 0) is 16.0 Å². The van der Waals surface area contributed by atoms with Crippen LogP contribution in [0, 0.1) is 11.6 Å². The number of halogens is 2. The molecule has 0 aromatic heterocycles. The van der Waals surface area contributed by atoms with Gasteiger partial charge in [-0.1, -0.05) is 6.07 Å². The number of imide groups is 1. The molecular weight excluding hydrogens is 400 g/mol. The third-order valence-electron chi connectivity index (χ3n) is 4.79. The number of urea groups is 1. The van der Waals surface area contributed by atoms with Crippen molar-refractivity contribution in [3.8, 4) is 11.5 Å². The molecule has 10 heteroatoms. The minimum absolute atomic E-state index is 0.115. The van der Waals surface area contributed by atoms with Gasteiger partial charge >= 0.3 is 6.03 Å². The van der Waals surface area contributed by atoms with Crippen LogP contribution in [0.1, 0.15) is 12.5 Å². The minimum atomic E-state index is -1.27. The molecular formula is C20H17F2N3O5. The first kappa shape index (κ1) is 19.6. The smallest absolute Gasteiger partial charge is 0.325 e. The summed E-state index contributed by atoms with van der Waals surface area (Å²) in [5.41, 5.74) is -0.652. The molecule has 4 rings (SSSR count). The van der Waals surface area contributed by atoms with Gasteiger partial charge in [0.05, 0.1) is 0 Å². The number of benzene rings is 2. The maximum atomic E-state index is 13.3. The molecule has 0 aliphatic carbocycles. The number of fused-ring (bicyclic) bond motifs is 1. The summed E-state index contributed by atoms with van der Waals surface area (Å²) in [6.07, 6.45) is 0.168. The molecule has 4 amide bonds. The lowest BCUT2D eigenvalue weighted by molar-refractivity contribution is -0.133. The van der Waals surface area contributed by atoms with Crippen molar-refractivity contribution in [1.82, 2.24) is 10.2 Å². The van der Waals surface area contributed by atoms with Crippen molar-refractivity contribution in [3.05, 3.63) is 53.6 Å². The largest absolute Gasteiger partial charge is 0.454 e. The van der Waals surface area contributed by atoms with E-state index in [1.54, 1.807) is 25.1 Å². The van der Waals surface area contributed by atoms with Crippen molar-refractivity contribution in [3.63, 3.8) is 0 Å². The van der Waals surface area contributed by atoms with Crippen LogP contribution in [-0.4, -0.2) is 41.6 Å². The molecule has 2 aromatic rings. The molecule has 0 radical (unpaired) electrons. The number of hydrogen-bond acceptors (Lipinski definition) is 5. The van der Waals surface area contributed by atoms with E-state index in [4.69, 9.17) is 9.47 Å². The number of anilines is 1. The fraction of sp³-hybridized carbons (Fsp3) is 0.250. The topological polar surface area (TPSA) is 97.0 Å². The monoisotopic (exact) mass is 417 g/mol. The number of carbonyl (C=O) groups is 3. The summed E-state index contributed by atoms with van der Waals surface area (Å²) in [5.74, 6) is -1.95. The summed E-state index contributed by atoms with van der Waals surface area (Å²) in [6, 6.07) is 6.98. The summed E-state index contributed by atoms with van der Waals surface area (Å²) in [6.45, 7) is 1.07. The van der Waals surface area contributed by atoms with Gasteiger partial charge in [-0.05, 0) is 36.8 Å². The quantitative estimate of drug-likeness (QED) is 0.727. The van der Waals surface area contributed by atoms with Gasteiger partial charge in [0.15, 0.2) is 11.5 Å². The van der Waals surface area contributed by atoms with Gasteiger partial charge in [-0.3, -0.25) is 14.5 Å². The Morgan fingerprint density at radius 2 is 1.83 bits per heavy atom. The summed E-state index contributed by atoms with van der Waals surface area (Å²) in [7, 11) is 0. The summed E-state index contributed by atoms with van der Waals surface area (Å²) in [4.78, 5) is 38.2. The summed E-state index contributed by atoms with van der Waals surface area (Å²) >= 11 is 0. The van der Waals surface area contributed by atoms with E-state index in [1.807, 2.05) is 0 Å². The first-order chi connectivity index (χ1) is 14.2. The van der Waals surface area contributed by atoms with Crippen LogP contribution < -0.4 is 20.1 Å². The number of nitrogens with one attached hydrogen (secondary N) is 2. The predicted octanol–water partition coefficient (Wildman–Crippen LogP) is 2.19. The first-order valence-corrected chi connectivity index (χ1v) is 9.02. The van der Waals surface area contributed by atoms with Crippen molar-refractivity contribution in [2.75, 3.05) is 18.7 Å². The van der Waals surface area contributed by atoms with Crippen molar-refractivity contribution >= 4 is 23.5 Å². The van der Waals surface area contributed by atoms with E-state index < -0.39 is 41.6 Å². The van der Waals surface area contributed by atoms with E-state index in [2.05, 4.69) is 10.6 Å². The van der Waals surface area contributed by atoms with E-state index in [1.165, 1.54) is 0 Å². The lowest BCUT2D eigenvalue weighted by Gasteiger charge is -2.22. The highest BCUT2D eigenvalue weighted by molar-refractivity contribution is 6.10. The Hall–Kier alpha value is -3.69. The highest BCUT2D eigenvalue weighted by Gasteiger charge is 2.48. The van der Waals surface area contributed by atoms with Crippen LogP contribution in [0.15, 0.2) is 36.4 Å². The van der Waals surface area contributed by atoms with Crippen LogP contribution in [0.2, 0.25) is 0 Å². The van der Waals surface area contributed by atoms with E-state index in [9.17, 15) is 23.2 Å². The second-order valence-corrected chi connectivity index (χ2v) is 7.22. The van der Waals surface area contributed by atoms with Gasteiger partial charge in [0.1, 0.15) is 23.7 Å². The van der Waals surface area contributed by atoms with E-state index in [0.29, 0.717) is 17.6 Å². The number of carbonyl (C=O) groups excluding carboxylic acids is 3. The zero-order valence-corrected chi connectivity index (χ0v) is 15.8. The Bertz CT molecular complexity index is 1040. The SMILES string of the molecule is CC1(Cc2ccc3c(c2)OCO3)NC(=O)N(CC(=O)Nc2cc(F)cc(F)c2)C1=O. The van der Waals surface area contributed by atoms with Gasteiger partial charge in [0.25, 0.3) is 5.91 Å². The van der Waals surface area contributed by atoms with E-state index in [-0.39, 0.29) is 18.9 Å². The molecule has 30 heavy (non-hydrogen) atoms. The van der Waals surface area contributed by atoms with Gasteiger partial charge < -0.3 is 20.1 Å². The molecule has 1 unspecified atom stereocenters. The van der Waals surface area contributed by atoms with Gasteiger partial charge in [-0.15, -0.1) is 0 Å². The average Bonchev–Trinajstić information content (AvgIpc) is 3.19. The Kier molecular flexibility index (Phi) is 4.76. The molecule has 8 nitrogen and oxygen atoms in total. The van der Waals surface area contributed by atoms with E-state index >= 15 is 0 Å². The Balaban J connectivity index is 1.44. The fourth-order valence-electron chi connectivity index (χ4n) is 3.44. The molecule has 0 spiro atoms. The highest BCUT2D eigenvalue weighted by Crippen LogP contribution is 2.34. The normalized spacial score (nSPS) is 19.8. The molecule has 1 atom stereocenters. The second kappa shape index (κ2) is 7.29.